The zero-order chi connectivity index (χ0) is 14.5. The van der Waals surface area contributed by atoms with Gasteiger partial charge in [0, 0.05) is 38.5 Å². The standard InChI is InChI=1S/C11H16N2O5S/c1-13(7-3-4-11(15)18-2)19(16,17)10-8-12-6-5-9(10)14/h5-6,8H,3-4,7H2,1-2H3,(H,12,14). The van der Waals surface area contributed by atoms with Gasteiger partial charge in [-0.25, -0.2) is 12.7 Å². The van der Waals surface area contributed by atoms with E-state index < -0.39 is 21.4 Å². The Morgan fingerprint density at radius 1 is 1.47 bits per heavy atom. The minimum Gasteiger partial charge on any atom is -0.469 e. The van der Waals surface area contributed by atoms with Crippen LogP contribution in [-0.2, 0) is 19.6 Å². The average molecular weight is 288 g/mol. The molecule has 1 heterocycles. The maximum atomic E-state index is 12.1. The van der Waals surface area contributed by atoms with Gasteiger partial charge < -0.3 is 9.72 Å². The molecular weight excluding hydrogens is 272 g/mol. The number of nitrogens with zero attached hydrogens (tertiary/aromatic N) is 1. The molecule has 8 heteroatoms. The summed E-state index contributed by atoms with van der Waals surface area (Å²) in [6.07, 6.45) is 2.96. The van der Waals surface area contributed by atoms with Crippen LogP contribution in [-0.4, -0.2) is 44.4 Å². The zero-order valence-corrected chi connectivity index (χ0v) is 11.6. The number of H-pyrrole nitrogens is 1. The van der Waals surface area contributed by atoms with Gasteiger partial charge in [-0.3, -0.25) is 9.59 Å². The number of pyridine rings is 1. The first-order chi connectivity index (χ1) is 8.89. The molecule has 106 valence electrons. The van der Waals surface area contributed by atoms with Crippen molar-refractivity contribution in [2.45, 2.75) is 17.7 Å². The first-order valence-corrected chi connectivity index (χ1v) is 7.04. The number of carbonyl (C=O) groups is 1. The van der Waals surface area contributed by atoms with Gasteiger partial charge in [-0.05, 0) is 6.42 Å². The summed E-state index contributed by atoms with van der Waals surface area (Å²) in [6, 6.07) is 1.15. The Labute approximate surface area is 111 Å². The second kappa shape index (κ2) is 6.48. The Hall–Kier alpha value is -1.67. The molecule has 0 aliphatic rings. The molecule has 0 atom stereocenters. The van der Waals surface area contributed by atoms with Crippen molar-refractivity contribution in [1.29, 1.82) is 0 Å². The van der Waals surface area contributed by atoms with Gasteiger partial charge >= 0.3 is 5.97 Å². The van der Waals surface area contributed by atoms with E-state index >= 15 is 0 Å². The maximum absolute atomic E-state index is 12.1. The van der Waals surface area contributed by atoms with Crippen molar-refractivity contribution in [1.82, 2.24) is 9.29 Å². The smallest absolute Gasteiger partial charge is 0.305 e. The summed E-state index contributed by atoms with van der Waals surface area (Å²) in [4.78, 5) is 24.7. The van der Waals surface area contributed by atoms with Crippen molar-refractivity contribution in [2.75, 3.05) is 20.7 Å². The fraction of sp³-hybridized carbons (Fsp3) is 0.455. The summed E-state index contributed by atoms with van der Waals surface area (Å²) in [5.41, 5.74) is -0.571. The number of methoxy groups -OCH3 is 1. The monoisotopic (exact) mass is 288 g/mol. The van der Waals surface area contributed by atoms with Crippen molar-refractivity contribution in [3.05, 3.63) is 28.7 Å². The summed E-state index contributed by atoms with van der Waals surface area (Å²) < 4.78 is 29.7. The van der Waals surface area contributed by atoms with Gasteiger partial charge in [0.1, 0.15) is 4.90 Å². The van der Waals surface area contributed by atoms with E-state index in [1.807, 2.05) is 0 Å². The minimum absolute atomic E-state index is 0.126. The zero-order valence-electron chi connectivity index (χ0n) is 10.8. The second-order valence-corrected chi connectivity index (χ2v) is 5.89. The number of sulfonamides is 1. The van der Waals surface area contributed by atoms with Crippen LogP contribution in [0.1, 0.15) is 12.8 Å². The molecule has 0 aliphatic heterocycles. The molecule has 19 heavy (non-hydrogen) atoms. The molecule has 1 aromatic rings. The Morgan fingerprint density at radius 3 is 2.74 bits per heavy atom. The maximum Gasteiger partial charge on any atom is 0.305 e. The van der Waals surface area contributed by atoms with Gasteiger partial charge in [-0.1, -0.05) is 0 Å². The molecule has 1 rings (SSSR count). The lowest BCUT2D eigenvalue weighted by Gasteiger charge is -2.16. The quantitative estimate of drug-likeness (QED) is 0.740. The highest BCUT2D eigenvalue weighted by molar-refractivity contribution is 7.89. The number of rotatable bonds is 6. The number of hydrogen-bond donors (Lipinski definition) is 1. The number of aromatic nitrogens is 1. The summed E-state index contributed by atoms with van der Waals surface area (Å²) in [5, 5.41) is 0. The summed E-state index contributed by atoms with van der Waals surface area (Å²) in [7, 11) is -1.21. The Kier molecular flexibility index (Phi) is 5.25. The SMILES string of the molecule is COC(=O)CCCN(C)S(=O)(=O)c1c[nH]ccc1=O. The molecule has 1 aromatic heterocycles. The van der Waals surface area contributed by atoms with Crippen LogP contribution in [0.4, 0.5) is 0 Å². The van der Waals surface area contributed by atoms with Crippen LogP contribution in [0, 0.1) is 0 Å². The number of hydrogen-bond acceptors (Lipinski definition) is 5. The Balaban J connectivity index is 2.76. The van der Waals surface area contributed by atoms with Crippen LogP contribution in [0.15, 0.2) is 28.2 Å². The molecule has 0 bridgehead atoms. The lowest BCUT2D eigenvalue weighted by Crippen LogP contribution is -2.31. The van der Waals surface area contributed by atoms with Crippen LogP contribution in [0.3, 0.4) is 0 Å². The van der Waals surface area contributed by atoms with Crippen molar-refractivity contribution >= 4 is 16.0 Å². The normalized spacial score (nSPS) is 11.5. The van der Waals surface area contributed by atoms with E-state index in [0.717, 1.165) is 16.6 Å². The summed E-state index contributed by atoms with van der Waals surface area (Å²) in [6.45, 7) is 0.131. The number of esters is 1. The van der Waals surface area contributed by atoms with E-state index in [9.17, 15) is 18.0 Å². The predicted octanol–water partition coefficient (Wildman–Crippen LogP) is -0.0514. The molecular formula is C11H16N2O5S. The van der Waals surface area contributed by atoms with Crippen molar-refractivity contribution in [3.63, 3.8) is 0 Å². The van der Waals surface area contributed by atoms with Crippen molar-refractivity contribution in [2.24, 2.45) is 0 Å². The van der Waals surface area contributed by atoms with Gasteiger partial charge in [0.15, 0.2) is 0 Å². The molecule has 0 aromatic carbocycles. The van der Waals surface area contributed by atoms with E-state index in [1.54, 1.807) is 0 Å². The fourth-order valence-corrected chi connectivity index (χ4v) is 2.68. The number of ether oxygens (including phenoxy) is 1. The third-order valence-electron chi connectivity index (χ3n) is 2.56. The highest BCUT2D eigenvalue weighted by Crippen LogP contribution is 2.09. The molecule has 0 saturated heterocycles. The van der Waals surface area contributed by atoms with E-state index in [0.29, 0.717) is 6.42 Å². The van der Waals surface area contributed by atoms with E-state index in [1.165, 1.54) is 20.4 Å². The first kappa shape index (κ1) is 15.4. The molecule has 0 saturated carbocycles. The largest absolute Gasteiger partial charge is 0.469 e. The average Bonchev–Trinajstić information content (AvgIpc) is 2.38. The van der Waals surface area contributed by atoms with Crippen LogP contribution in [0.5, 0.6) is 0 Å². The minimum atomic E-state index is -3.84. The third kappa shape index (κ3) is 3.90. The van der Waals surface area contributed by atoms with Crippen LogP contribution in [0.25, 0.3) is 0 Å². The van der Waals surface area contributed by atoms with Gasteiger partial charge in [0.05, 0.1) is 7.11 Å². The van der Waals surface area contributed by atoms with E-state index in [4.69, 9.17) is 0 Å². The second-order valence-electron chi connectivity index (χ2n) is 3.88. The Morgan fingerprint density at radius 2 is 2.16 bits per heavy atom. The van der Waals surface area contributed by atoms with Gasteiger partial charge in [-0.2, -0.15) is 0 Å². The number of aromatic amines is 1. The highest BCUT2D eigenvalue weighted by Gasteiger charge is 2.23. The topological polar surface area (TPSA) is 96.5 Å². The van der Waals surface area contributed by atoms with E-state index in [2.05, 4.69) is 9.72 Å². The molecule has 7 nitrogen and oxygen atoms in total. The van der Waals surface area contributed by atoms with Gasteiger partial charge in [0.25, 0.3) is 0 Å². The lowest BCUT2D eigenvalue weighted by atomic mass is 10.3. The Bertz CT molecular complexity index is 593. The first-order valence-electron chi connectivity index (χ1n) is 5.60. The third-order valence-corrected chi connectivity index (χ3v) is 4.44. The predicted molar refractivity (Wildman–Crippen MR) is 68.1 cm³/mol. The van der Waals surface area contributed by atoms with Crippen molar-refractivity contribution < 1.29 is 17.9 Å². The number of nitrogens with one attached hydrogen (secondary N) is 1. The van der Waals surface area contributed by atoms with Crippen LogP contribution < -0.4 is 5.43 Å². The molecule has 0 aliphatic carbocycles. The summed E-state index contributed by atoms with van der Waals surface area (Å²) in [5.74, 6) is -0.400. The molecule has 1 N–H and O–H groups in total. The van der Waals surface area contributed by atoms with E-state index in [-0.39, 0.29) is 17.9 Å². The van der Waals surface area contributed by atoms with Gasteiger partial charge in [-0.15, -0.1) is 0 Å². The molecule has 0 amide bonds. The molecule has 0 unspecified atom stereocenters. The van der Waals surface area contributed by atoms with Gasteiger partial charge in [0.2, 0.25) is 15.5 Å². The lowest BCUT2D eigenvalue weighted by molar-refractivity contribution is -0.140. The van der Waals surface area contributed by atoms with Crippen LogP contribution >= 0.6 is 0 Å². The fourth-order valence-electron chi connectivity index (χ4n) is 1.44. The highest BCUT2D eigenvalue weighted by atomic mass is 32.2. The molecule has 0 fully saturated rings. The molecule has 0 spiro atoms. The van der Waals surface area contributed by atoms with Crippen LogP contribution in [0.2, 0.25) is 0 Å². The molecule has 0 radical (unpaired) electrons. The van der Waals surface area contributed by atoms with Crippen molar-refractivity contribution in [3.8, 4) is 0 Å². The number of carbonyl (C=O) groups excluding carboxylic acids is 1. The summed E-state index contributed by atoms with van der Waals surface area (Å²) >= 11 is 0.